The Morgan fingerprint density at radius 1 is 1.07 bits per heavy atom. The lowest BCUT2D eigenvalue weighted by atomic mass is 10.1. The summed E-state index contributed by atoms with van der Waals surface area (Å²) in [5.74, 6) is 0.543. The predicted molar refractivity (Wildman–Crippen MR) is 106 cm³/mol. The van der Waals surface area contributed by atoms with Crippen molar-refractivity contribution in [1.82, 2.24) is 14.8 Å². The molecule has 0 fully saturated rings. The lowest BCUT2D eigenvalue weighted by Gasteiger charge is -2.08. The van der Waals surface area contributed by atoms with Gasteiger partial charge in [0, 0.05) is 25.4 Å². The summed E-state index contributed by atoms with van der Waals surface area (Å²) in [5.41, 5.74) is 4.97. The van der Waals surface area contributed by atoms with Crippen molar-refractivity contribution in [2.24, 2.45) is 7.05 Å². The van der Waals surface area contributed by atoms with E-state index in [2.05, 4.69) is 10.1 Å². The highest BCUT2D eigenvalue weighted by molar-refractivity contribution is 5.69. The van der Waals surface area contributed by atoms with E-state index in [4.69, 9.17) is 9.47 Å². The third kappa shape index (κ3) is 5.19. The van der Waals surface area contributed by atoms with Crippen molar-refractivity contribution in [3.05, 3.63) is 76.9 Å². The van der Waals surface area contributed by atoms with Gasteiger partial charge in [0.05, 0.1) is 11.4 Å². The Hall–Kier alpha value is -3.15. The molecular weight excluding hydrogens is 354 g/mol. The Balaban J connectivity index is 1.43. The van der Waals surface area contributed by atoms with Gasteiger partial charge in [-0.25, -0.2) is 0 Å². The molecule has 146 valence electrons. The number of hydrogen-bond acceptors (Lipinski definition) is 5. The maximum Gasteiger partial charge on any atom is 0.306 e. The molecule has 0 aliphatic heterocycles. The van der Waals surface area contributed by atoms with Gasteiger partial charge in [-0.15, -0.1) is 0 Å². The highest BCUT2D eigenvalue weighted by Crippen LogP contribution is 2.16. The first kappa shape index (κ1) is 19.6. The van der Waals surface area contributed by atoms with Gasteiger partial charge in [-0.2, -0.15) is 5.10 Å². The Kier molecular flexibility index (Phi) is 6.42. The molecule has 0 aliphatic carbocycles. The molecule has 0 aliphatic rings. The number of aryl methyl sites for hydroxylation is 2. The average Bonchev–Trinajstić information content (AvgIpc) is 2.96. The number of rotatable bonds is 8. The van der Waals surface area contributed by atoms with Crippen LogP contribution in [0.3, 0.4) is 0 Å². The highest BCUT2D eigenvalue weighted by Gasteiger charge is 2.12. The Bertz CT molecular complexity index is 918. The number of benzene rings is 1. The SMILES string of the molecule is Cc1nn(C)c(C)c1CCC(=O)OCc1ccc(OCc2ccccn2)cc1. The maximum absolute atomic E-state index is 12.1. The summed E-state index contributed by atoms with van der Waals surface area (Å²) in [5, 5.41) is 4.37. The van der Waals surface area contributed by atoms with Gasteiger partial charge in [0.2, 0.25) is 0 Å². The van der Waals surface area contributed by atoms with Gasteiger partial charge in [-0.05, 0) is 55.7 Å². The van der Waals surface area contributed by atoms with Gasteiger partial charge in [0.25, 0.3) is 0 Å². The van der Waals surface area contributed by atoms with Gasteiger partial charge in [0.1, 0.15) is 19.0 Å². The number of pyridine rings is 1. The van der Waals surface area contributed by atoms with Crippen LogP contribution in [-0.4, -0.2) is 20.7 Å². The second kappa shape index (κ2) is 9.17. The second-order valence-electron chi connectivity index (χ2n) is 6.69. The summed E-state index contributed by atoms with van der Waals surface area (Å²) in [7, 11) is 1.91. The molecule has 0 atom stereocenters. The summed E-state index contributed by atoms with van der Waals surface area (Å²) in [6, 6.07) is 13.3. The number of nitrogens with zero attached hydrogens (tertiary/aromatic N) is 3. The molecule has 0 amide bonds. The number of carbonyl (C=O) groups excluding carboxylic acids is 1. The molecule has 2 aromatic heterocycles. The smallest absolute Gasteiger partial charge is 0.306 e. The quantitative estimate of drug-likeness (QED) is 0.559. The fraction of sp³-hybridized carbons (Fsp3) is 0.318. The van der Waals surface area contributed by atoms with Crippen molar-refractivity contribution >= 4 is 5.97 Å². The van der Waals surface area contributed by atoms with Crippen molar-refractivity contribution in [3.63, 3.8) is 0 Å². The van der Waals surface area contributed by atoms with Crippen LogP contribution in [0, 0.1) is 13.8 Å². The van der Waals surface area contributed by atoms with Crippen molar-refractivity contribution in [1.29, 1.82) is 0 Å². The number of hydrogen-bond donors (Lipinski definition) is 0. The van der Waals surface area contributed by atoms with Crippen LogP contribution in [0.25, 0.3) is 0 Å². The first-order valence-corrected chi connectivity index (χ1v) is 9.29. The van der Waals surface area contributed by atoms with E-state index < -0.39 is 0 Å². The minimum Gasteiger partial charge on any atom is -0.487 e. The van der Waals surface area contributed by atoms with E-state index in [0.717, 1.165) is 34.0 Å². The van der Waals surface area contributed by atoms with E-state index in [1.54, 1.807) is 6.20 Å². The molecule has 6 heteroatoms. The van der Waals surface area contributed by atoms with Crippen LogP contribution in [0.15, 0.2) is 48.7 Å². The van der Waals surface area contributed by atoms with E-state index in [1.807, 2.05) is 68.0 Å². The molecule has 6 nitrogen and oxygen atoms in total. The average molecular weight is 379 g/mol. The first-order valence-electron chi connectivity index (χ1n) is 9.29. The van der Waals surface area contributed by atoms with E-state index in [0.29, 0.717) is 19.4 Å². The van der Waals surface area contributed by atoms with Gasteiger partial charge in [0.15, 0.2) is 0 Å². The van der Waals surface area contributed by atoms with Gasteiger partial charge < -0.3 is 9.47 Å². The Labute approximate surface area is 165 Å². The fourth-order valence-electron chi connectivity index (χ4n) is 2.97. The predicted octanol–water partition coefficient (Wildman–Crippen LogP) is 3.69. The van der Waals surface area contributed by atoms with Gasteiger partial charge >= 0.3 is 5.97 Å². The van der Waals surface area contributed by atoms with E-state index in [-0.39, 0.29) is 12.6 Å². The monoisotopic (exact) mass is 379 g/mol. The highest BCUT2D eigenvalue weighted by atomic mass is 16.5. The maximum atomic E-state index is 12.1. The fourth-order valence-corrected chi connectivity index (χ4v) is 2.97. The molecule has 28 heavy (non-hydrogen) atoms. The van der Waals surface area contributed by atoms with Crippen LogP contribution in [0.4, 0.5) is 0 Å². The third-order valence-corrected chi connectivity index (χ3v) is 4.67. The first-order chi connectivity index (χ1) is 13.5. The van der Waals surface area contributed by atoms with Crippen LogP contribution >= 0.6 is 0 Å². The Morgan fingerprint density at radius 3 is 2.50 bits per heavy atom. The number of ether oxygens (including phenoxy) is 2. The molecule has 3 rings (SSSR count). The van der Waals surface area contributed by atoms with Crippen molar-refractivity contribution in [3.8, 4) is 5.75 Å². The normalized spacial score (nSPS) is 10.7. The lowest BCUT2D eigenvalue weighted by molar-refractivity contribution is -0.144. The summed E-state index contributed by atoms with van der Waals surface area (Å²) in [6.45, 7) is 4.65. The van der Waals surface area contributed by atoms with Crippen molar-refractivity contribution in [2.75, 3.05) is 0 Å². The molecule has 3 aromatic rings. The zero-order valence-electron chi connectivity index (χ0n) is 16.5. The minimum absolute atomic E-state index is 0.210. The second-order valence-corrected chi connectivity index (χ2v) is 6.69. The number of esters is 1. The van der Waals surface area contributed by atoms with Crippen LogP contribution in [-0.2, 0) is 36.2 Å². The van der Waals surface area contributed by atoms with E-state index in [9.17, 15) is 4.79 Å². The van der Waals surface area contributed by atoms with Crippen LogP contribution in [0.5, 0.6) is 5.75 Å². The van der Waals surface area contributed by atoms with Crippen molar-refractivity contribution in [2.45, 2.75) is 39.9 Å². The number of aromatic nitrogens is 3. The van der Waals surface area contributed by atoms with Gasteiger partial charge in [-0.1, -0.05) is 18.2 Å². The molecular formula is C22H25N3O3. The van der Waals surface area contributed by atoms with E-state index in [1.165, 1.54) is 0 Å². The topological polar surface area (TPSA) is 66.2 Å². The van der Waals surface area contributed by atoms with Crippen LogP contribution < -0.4 is 4.74 Å². The summed E-state index contributed by atoms with van der Waals surface area (Å²) in [6.07, 6.45) is 2.73. The molecule has 2 heterocycles. The zero-order valence-corrected chi connectivity index (χ0v) is 16.5. The van der Waals surface area contributed by atoms with Crippen LogP contribution in [0.2, 0.25) is 0 Å². The molecule has 0 unspecified atom stereocenters. The standard InChI is InChI=1S/C22H25N3O3/c1-16-21(17(2)25(3)24-16)11-12-22(26)28-14-18-7-9-20(10-8-18)27-15-19-6-4-5-13-23-19/h4-10,13H,11-12,14-15H2,1-3H3. The Morgan fingerprint density at radius 2 is 1.86 bits per heavy atom. The molecule has 0 radical (unpaired) electrons. The third-order valence-electron chi connectivity index (χ3n) is 4.67. The van der Waals surface area contributed by atoms with Gasteiger partial charge in [-0.3, -0.25) is 14.5 Å². The summed E-state index contributed by atoms with van der Waals surface area (Å²) >= 11 is 0. The van der Waals surface area contributed by atoms with Crippen molar-refractivity contribution < 1.29 is 14.3 Å². The number of carbonyl (C=O) groups is 1. The summed E-state index contributed by atoms with van der Waals surface area (Å²) in [4.78, 5) is 16.3. The molecule has 0 saturated heterocycles. The minimum atomic E-state index is -0.210. The zero-order chi connectivity index (χ0) is 19.9. The summed E-state index contributed by atoms with van der Waals surface area (Å²) < 4.78 is 12.9. The molecule has 0 bridgehead atoms. The molecule has 0 N–H and O–H groups in total. The van der Waals surface area contributed by atoms with Crippen LogP contribution in [0.1, 0.15) is 34.6 Å². The lowest BCUT2D eigenvalue weighted by Crippen LogP contribution is -2.07. The van der Waals surface area contributed by atoms with E-state index >= 15 is 0 Å². The molecule has 0 saturated carbocycles. The molecule has 0 spiro atoms. The largest absolute Gasteiger partial charge is 0.487 e. The molecule has 1 aromatic carbocycles.